The van der Waals surface area contributed by atoms with Crippen LogP contribution in [0.3, 0.4) is 0 Å². The number of benzene rings is 1. The van der Waals surface area contributed by atoms with E-state index in [0.29, 0.717) is 0 Å². The van der Waals surface area contributed by atoms with Gasteiger partial charge in [0, 0.05) is 31.2 Å². The first-order valence-corrected chi connectivity index (χ1v) is 6.06. The second kappa shape index (κ2) is 4.82. The molecule has 0 aliphatic carbocycles. The molecular formula is C14H16N2O. The first-order valence-electron chi connectivity index (χ1n) is 6.06. The Morgan fingerprint density at radius 2 is 1.94 bits per heavy atom. The third-order valence-electron chi connectivity index (χ3n) is 3.24. The van der Waals surface area contributed by atoms with Crippen LogP contribution in [-0.4, -0.2) is 36.2 Å². The smallest absolute Gasteiger partial charge is 0.0705 e. The number of fused-ring (bicyclic) bond motifs is 1. The van der Waals surface area contributed by atoms with Crippen molar-refractivity contribution in [1.29, 1.82) is 0 Å². The van der Waals surface area contributed by atoms with Crippen LogP contribution in [0.5, 0.6) is 0 Å². The Morgan fingerprint density at radius 1 is 1.12 bits per heavy atom. The van der Waals surface area contributed by atoms with E-state index in [-0.39, 0.29) is 0 Å². The van der Waals surface area contributed by atoms with E-state index in [1.165, 1.54) is 10.9 Å². The van der Waals surface area contributed by atoms with Crippen molar-refractivity contribution in [2.45, 2.75) is 6.54 Å². The van der Waals surface area contributed by atoms with E-state index < -0.39 is 0 Å². The summed E-state index contributed by atoms with van der Waals surface area (Å²) in [6.45, 7) is 4.74. The number of morpholine rings is 1. The molecule has 0 atom stereocenters. The molecule has 3 heteroatoms. The van der Waals surface area contributed by atoms with Crippen LogP contribution in [0.2, 0.25) is 0 Å². The number of rotatable bonds is 2. The van der Waals surface area contributed by atoms with Crippen molar-refractivity contribution in [3.05, 3.63) is 42.1 Å². The molecule has 1 aromatic heterocycles. The topological polar surface area (TPSA) is 25.4 Å². The van der Waals surface area contributed by atoms with Crippen LogP contribution in [0.25, 0.3) is 10.9 Å². The third kappa shape index (κ3) is 2.30. The summed E-state index contributed by atoms with van der Waals surface area (Å²) < 4.78 is 5.37. The van der Waals surface area contributed by atoms with Crippen molar-refractivity contribution in [2.24, 2.45) is 0 Å². The lowest BCUT2D eigenvalue weighted by molar-refractivity contribution is 0.0343. The van der Waals surface area contributed by atoms with Gasteiger partial charge < -0.3 is 4.74 Å². The van der Waals surface area contributed by atoms with Gasteiger partial charge in [-0.3, -0.25) is 9.88 Å². The zero-order valence-electron chi connectivity index (χ0n) is 9.80. The molecule has 0 saturated carbocycles. The molecule has 17 heavy (non-hydrogen) atoms. The summed E-state index contributed by atoms with van der Waals surface area (Å²) in [5.74, 6) is 0. The summed E-state index contributed by atoms with van der Waals surface area (Å²) >= 11 is 0. The van der Waals surface area contributed by atoms with E-state index in [2.05, 4.69) is 34.1 Å². The van der Waals surface area contributed by atoms with Gasteiger partial charge in [-0.2, -0.15) is 0 Å². The average molecular weight is 228 g/mol. The highest BCUT2D eigenvalue weighted by Gasteiger charge is 2.12. The van der Waals surface area contributed by atoms with Gasteiger partial charge in [0.2, 0.25) is 0 Å². The second-order valence-electron chi connectivity index (χ2n) is 4.38. The molecule has 3 nitrogen and oxygen atoms in total. The molecular weight excluding hydrogens is 212 g/mol. The molecule has 2 aromatic rings. The monoisotopic (exact) mass is 228 g/mol. The molecule has 0 unspecified atom stereocenters. The van der Waals surface area contributed by atoms with Crippen molar-refractivity contribution < 1.29 is 4.74 Å². The standard InChI is InChI=1S/C14H16N2O/c1-2-4-14-13(3-1)12(5-6-15-14)11-16-7-9-17-10-8-16/h1-6H,7-11H2. The van der Waals surface area contributed by atoms with Gasteiger partial charge in [0.05, 0.1) is 18.7 Å². The Bertz CT molecular complexity index is 501. The van der Waals surface area contributed by atoms with Gasteiger partial charge in [0.1, 0.15) is 0 Å². The highest BCUT2D eigenvalue weighted by atomic mass is 16.5. The Labute approximate surface area is 101 Å². The highest BCUT2D eigenvalue weighted by molar-refractivity contribution is 5.81. The minimum Gasteiger partial charge on any atom is -0.379 e. The molecule has 3 rings (SSSR count). The molecule has 1 saturated heterocycles. The predicted molar refractivity (Wildman–Crippen MR) is 67.8 cm³/mol. The zero-order valence-corrected chi connectivity index (χ0v) is 9.80. The number of para-hydroxylation sites is 1. The molecule has 88 valence electrons. The maximum absolute atomic E-state index is 5.37. The van der Waals surface area contributed by atoms with Crippen molar-refractivity contribution in [3.63, 3.8) is 0 Å². The number of aromatic nitrogens is 1. The van der Waals surface area contributed by atoms with Gasteiger partial charge in [-0.25, -0.2) is 0 Å². The lowest BCUT2D eigenvalue weighted by Crippen LogP contribution is -2.35. The van der Waals surface area contributed by atoms with Crippen LogP contribution in [0, 0.1) is 0 Å². The molecule has 1 aliphatic heterocycles. The summed E-state index contributed by atoms with van der Waals surface area (Å²) in [5.41, 5.74) is 2.44. The fourth-order valence-corrected chi connectivity index (χ4v) is 2.29. The van der Waals surface area contributed by atoms with E-state index in [1.807, 2.05) is 12.3 Å². The minimum atomic E-state index is 0.850. The fraction of sp³-hybridized carbons (Fsp3) is 0.357. The van der Waals surface area contributed by atoms with E-state index >= 15 is 0 Å². The van der Waals surface area contributed by atoms with Gasteiger partial charge in [-0.05, 0) is 17.7 Å². The summed E-state index contributed by atoms with van der Waals surface area (Å²) in [5, 5.41) is 1.27. The van der Waals surface area contributed by atoms with E-state index in [1.54, 1.807) is 0 Å². The highest BCUT2D eigenvalue weighted by Crippen LogP contribution is 2.18. The fourth-order valence-electron chi connectivity index (χ4n) is 2.29. The Hall–Kier alpha value is -1.45. The summed E-state index contributed by atoms with van der Waals surface area (Å²) in [6, 6.07) is 10.5. The number of pyridine rings is 1. The molecule has 2 heterocycles. The average Bonchev–Trinajstić information content (AvgIpc) is 2.40. The van der Waals surface area contributed by atoms with Gasteiger partial charge in [0.25, 0.3) is 0 Å². The Kier molecular flexibility index (Phi) is 3.03. The maximum atomic E-state index is 5.37. The quantitative estimate of drug-likeness (QED) is 0.786. The number of hydrogen-bond donors (Lipinski definition) is 0. The molecule has 0 N–H and O–H groups in total. The van der Waals surface area contributed by atoms with Crippen LogP contribution in [0.4, 0.5) is 0 Å². The molecule has 1 fully saturated rings. The normalized spacial score (nSPS) is 17.4. The van der Waals surface area contributed by atoms with Gasteiger partial charge in [-0.1, -0.05) is 18.2 Å². The SMILES string of the molecule is c1ccc2c(CN3CCOCC3)ccnc2c1. The number of hydrogen-bond acceptors (Lipinski definition) is 3. The van der Waals surface area contributed by atoms with Crippen LogP contribution < -0.4 is 0 Å². The number of ether oxygens (including phenoxy) is 1. The molecule has 0 bridgehead atoms. The van der Waals surface area contributed by atoms with Crippen molar-refractivity contribution in [3.8, 4) is 0 Å². The second-order valence-corrected chi connectivity index (χ2v) is 4.38. The molecule has 1 aliphatic rings. The van der Waals surface area contributed by atoms with Crippen LogP contribution in [0.1, 0.15) is 5.56 Å². The van der Waals surface area contributed by atoms with Crippen LogP contribution >= 0.6 is 0 Å². The van der Waals surface area contributed by atoms with E-state index in [0.717, 1.165) is 38.4 Å². The number of nitrogens with zero attached hydrogens (tertiary/aromatic N) is 2. The van der Waals surface area contributed by atoms with Crippen LogP contribution in [0.15, 0.2) is 36.5 Å². The zero-order chi connectivity index (χ0) is 11.5. The lowest BCUT2D eigenvalue weighted by Gasteiger charge is -2.26. The summed E-state index contributed by atoms with van der Waals surface area (Å²) in [4.78, 5) is 6.83. The summed E-state index contributed by atoms with van der Waals surface area (Å²) in [7, 11) is 0. The van der Waals surface area contributed by atoms with Gasteiger partial charge in [-0.15, -0.1) is 0 Å². The molecule has 0 radical (unpaired) electrons. The van der Waals surface area contributed by atoms with Crippen LogP contribution in [-0.2, 0) is 11.3 Å². The summed E-state index contributed by atoms with van der Waals surface area (Å²) in [6.07, 6.45) is 1.90. The molecule has 0 amide bonds. The van der Waals surface area contributed by atoms with E-state index in [9.17, 15) is 0 Å². The van der Waals surface area contributed by atoms with Crippen molar-refractivity contribution in [1.82, 2.24) is 9.88 Å². The largest absolute Gasteiger partial charge is 0.379 e. The first kappa shape index (κ1) is 10.7. The first-order chi connectivity index (χ1) is 8.43. The van der Waals surface area contributed by atoms with Gasteiger partial charge >= 0.3 is 0 Å². The Morgan fingerprint density at radius 3 is 2.82 bits per heavy atom. The molecule has 1 aromatic carbocycles. The lowest BCUT2D eigenvalue weighted by atomic mass is 10.1. The van der Waals surface area contributed by atoms with E-state index in [4.69, 9.17) is 4.74 Å². The van der Waals surface area contributed by atoms with Crippen molar-refractivity contribution >= 4 is 10.9 Å². The third-order valence-corrected chi connectivity index (χ3v) is 3.24. The predicted octanol–water partition coefficient (Wildman–Crippen LogP) is 2.07. The molecule has 0 spiro atoms. The van der Waals surface area contributed by atoms with Gasteiger partial charge in [0.15, 0.2) is 0 Å². The van der Waals surface area contributed by atoms with Crippen molar-refractivity contribution in [2.75, 3.05) is 26.3 Å². The Balaban J connectivity index is 1.89. The minimum absolute atomic E-state index is 0.850. The maximum Gasteiger partial charge on any atom is 0.0705 e.